The van der Waals surface area contributed by atoms with E-state index in [-0.39, 0.29) is 0 Å². The lowest BCUT2D eigenvalue weighted by atomic mass is 9.93. The van der Waals surface area contributed by atoms with E-state index < -0.39 is 5.97 Å². The molecule has 1 saturated heterocycles. The summed E-state index contributed by atoms with van der Waals surface area (Å²) in [4.78, 5) is 13.1. The Kier molecular flexibility index (Phi) is 5.05. The lowest BCUT2D eigenvalue weighted by Crippen LogP contribution is -2.34. The smallest absolute Gasteiger partial charge is 0.303 e. The van der Waals surface area contributed by atoms with E-state index in [1.54, 1.807) is 0 Å². The van der Waals surface area contributed by atoms with Crippen molar-refractivity contribution in [1.82, 2.24) is 14.7 Å². The Bertz CT molecular complexity index is 479. The van der Waals surface area contributed by atoms with Crippen LogP contribution in [0, 0.1) is 12.8 Å². The first-order valence-corrected chi connectivity index (χ1v) is 7.55. The second-order valence-electron chi connectivity index (χ2n) is 5.48. The quantitative estimate of drug-likeness (QED) is 0.908. The topological polar surface area (TPSA) is 58.4 Å². The van der Waals surface area contributed by atoms with Crippen molar-refractivity contribution in [2.24, 2.45) is 5.92 Å². The number of nitrogens with zero attached hydrogens (tertiary/aromatic N) is 3. The number of hydrogen-bond donors (Lipinski definition) is 1. The highest BCUT2D eigenvalue weighted by Crippen LogP contribution is 2.25. The van der Waals surface area contributed by atoms with Gasteiger partial charge in [0.05, 0.1) is 16.4 Å². The molecule has 1 aromatic heterocycles. The van der Waals surface area contributed by atoms with Gasteiger partial charge in [-0.2, -0.15) is 5.10 Å². The molecule has 0 radical (unpaired) electrons. The number of aryl methyl sites for hydroxylation is 2. The SMILES string of the molecule is CCn1nc(C)c(Cl)c1CN1CCC(CC(=O)O)CC1. The fourth-order valence-electron chi connectivity index (χ4n) is 2.83. The molecule has 0 bridgehead atoms. The zero-order chi connectivity index (χ0) is 14.7. The zero-order valence-corrected chi connectivity index (χ0v) is 12.9. The van der Waals surface area contributed by atoms with Crippen LogP contribution in [-0.4, -0.2) is 38.8 Å². The van der Waals surface area contributed by atoms with Crippen molar-refractivity contribution in [1.29, 1.82) is 0 Å². The fraction of sp³-hybridized carbons (Fsp3) is 0.714. The molecule has 1 N–H and O–H groups in total. The van der Waals surface area contributed by atoms with Gasteiger partial charge in [-0.1, -0.05) is 11.6 Å². The molecule has 2 rings (SSSR count). The third-order valence-electron chi connectivity index (χ3n) is 4.00. The van der Waals surface area contributed by atoms with Crippen molar-refractivity contribution >= 4 is 17.6 Å². The van der Waals surface area contributed by atoms with Crippen molar-refractivity contribution in [2.45, 2.75) is 46.2 Å². The van der Waals surface area contributed by atoms with Crippen LogP contribution < -0.4 is 0 Å². The number of piperidine rings is 1. The molecule has 2 heterocycles. The van der Waals surface area contributed by atoms with Gasteiger partial charge in [-0.15, -0.1) is 0 Å². The minimum absolute atomic E-state index is 0.292. The van der Waals surface area contributed by atoms with Crippen molar-refractivity contribution < 1.29 is 9.90 Å². The normalized spacial score (nSPS) is 17.6. The molecular formula is C14H22ClN3O2. The van der Waals surface area contributed by atoms with Gasteiger partial charge in [-0.3, -0.25) is 14.4 Å². The van der Waals surface area contributed by atoms with Gasteiger partial charge in [0.25, 0.3) is 0 Å². The molecule has 5 nitrogen and oxygen atoms in total. The Balaban J connectivity index is 1.94. The summed E-state index contributed by atoms with van der Waals surface area (Å²) >= 11 is 6.32. The first kappa shape index (κ1) is 15.3. The third-order valence-corrected chi connectivity index (χ3v) is 4.49. The summed E-state index contributed by atoms with van der Waals surface area (Å²) in [5, 5.41) is 14.0. The van der Waals surface area contributed by atoms with Crippen molar-refractivity contribution in [3.8, 4) is 0 Å². The molecule has 0 aromatic carbocycles. The minimum atomic E-state index is -0.689. The molecule has 6 heteroatoms. The summed E-state index contributed by atoms with van der Waals surface area (Å²) in [6, 6.07) is 0. The van der Waals surface area contributed by atoms with Crippen molar-refractivity contribution in [3.63, 3.8) is 0 Å². The minimum Gasteiger partial charge on any atom is -0.481 e. The van der Waals surface area contributed by atoms with Gasteiger partial charge in [0.2, 0.25) is 0 Å². The van der Waals surface area contributed by atoms with Gasteiger partial charge in [0.15, 0.2) is 0 Å². The molecule has 0 spiro atoms. The van der Waals surface area contributed by atoms with E-state index in [9.17, 15) is 4.79 Å². The number of carboxylic acids is 1. The highest BCUT2D eigenvalue weighted by atomic mass is 35.5. The van der Waals surface area contributed by atoms with Gasteiger partial charge in [0, 0.05) is 19.5 Å². The van der Waals surface area contributed by atoms with Gasteiger partial charge >= 0.3 is 5.97 Å². The third kappa shape index (κ3) is 3.52. The molecule has 0 aliphatic carbocycles. The standard InChI is InChI=1S/C14H22ClN3O2/c1-3-18-12(14(15)10(2)16-18)9-17-6-4-11(5-7-17)8-13(19)20/h11H,3-9H2,1-2H3,(H,19,20). The van der Waals surface area contributed by atoms with E-state index in [0.717, 1.165) is 55.4 Å². The van der Waals surface area contributed by atoms with E-state index in [2.05, 4.69) is 16.9 Å². The van der Waals surface area contributed by atoms with Gasteiger partial charge in [-0.05, 0) is 45.7 Å². The summed E-state index contributed by atoms with van der Waals surface area (Å²) in [6.07, 6.45) is 2.19. The van der Waals surface area contributed by atoms with E-state index in [1.807, 2.05) is 11.6 Å². The number of rotatable bonds is 5. The number of carboxylic acid groups (broad SMARTS) is 1. The number of aromatic nitrogens is 2. The molecule has 112 valence electrons. The maximum atomic E-state index is 10.7. The highest BCUT2D eigenvalue weighted by Gasteiger charge is 2.23. The van der Waals surface area contributed by atoms with Gasteiger partial charge < -0.3 is 5.11 Å². The molecule has 0 unspecified atom stereocenters. The van der Waals surface area contributed by atoms with Crippen LogP contribution in [0.5, 0.6) is 0 Å². The Morgan fingerprint density at radius 3 is 2.65 bits per heavy atom. The van der Waals surface area contributed by atoms with Gasteiger partial charge in [-0.25, -0.2) is 0 Å². The summed E-state index contributed by atoms with van der Waals surface area (Å²) in [5.41, 5.74) is 1.95. The number of likely N-dealkylation sites (tertiary alicyclic amines) is 1. The lowest BCUT2D eigenvalue weighted by molar-refractivity contribution is -0.138. The zero-order valence-electron chi connectivity index (χ0n) is 12.1. The van der Waals surface area contributed by atoms with E-state index in [4.69, 9.17) is 16.7 Å². The number of halogens is 1. The first-order valence-electron chi connectivity index (χ1n) is 7.17. The molecule has 1 aliphatic rings. The summed E-state index contributed by atoms with van der Waals surface area (Å²) in [5.74, 6) is -0.372. The molecule has 0 atom stereocenters. The fourth-order valence-corrected chi connectivity index (χ4v) is 3.02. The van der Waals surface area contributed by atoms with Crippen molar-refractivity contribution in [3.05, 3.63) is 16.4 Å². The van der Waals surface area contributed by atoms with E-state index in [0.29, 0.717) is 12.3 Å². The van der Waals surface area contributed by atoms with Crippen LogP contribution in [0.2, 0.25) is 5.02 Å². The predicted octanol–water partition coefficient (Wildman–Crippen LogP) is 2.55. The summed E-state index contributed by atoms with van der Waals surface area (Å²) in [7, 11) is 0. The second kappa shape index (κ2) is 6.59. The molecule has 1 aromatic rings. The number of carbonyl (C=O) groups is 1. The van der Waals surface area contributed by atoms with Crippen molar-refractivity contribution in [2.75, 3.05) is 13.1 Å². The van der Waals surface area contributed by atoms with Crippen LogP contribution in [-0.2, 0) is 17.9 Å². The maximum absolute atomic E-state index is 10.7. The van der Waals surface area contributed by atoms with Crippen LogP contribution in [0.4, 0.5) is 0 Å². The Morgan fingerprint density at radius 1 is 1.45 bits per heavy atom. The van der Waals surface area contributed by atoms with Crippen LogP contribution in [0.3, 0.4) is 0 Å². The monoisotopic (exact) mass is 299 g/mol. The largest absolute Gasteiger partial charge is 0.481 e. The summed E-state index contributed by atoms with van der Waals surface area (Å²) < 4.78 is 1.96. The highest BCUT2D eigenvalue weighted by molar-refractivity contribution is 6.31. The summed E-state index contributed by atoms with van der Waals surface area (Å²) in [6.45, 7) is 7.47. The molecule has 0 saturated carbocycles. The van der Waals surface area contributed by atoms with Crippen LogP contribution in [0.25, 0.3) is 0 Å². The van der Waals surface area contributed by atoms with Gasteiger partial charge in [0.1, 0.15) is 0 Å². The number of hydrogen-bond acceptors (Lipinski definition) is 3. The maximum Gasteiger partial charge on any atom is 0.303 e. The molecule has 20 heavy (non-hydrogen) atoms. The first-order chi connectivity index (χ1) is 9.51. The molecular weight excluding hydrogens is 278 g/mol. The predicted molar refractivity (Wildman–Crippen MR) is 77.9 cm³/mol. The Labute approximate surface area is 124 Å². The lowest BCUT2D eigenvalue weighted by Gasteiger charge is -2.31. The number of aliphatic carboxylic acids is 1. The van der Waals surface area contributed by atoms with Crippen LogP contribution >= 0.6 is 11.6 Å². The average Bonchev–Trinajstić information content (AvgIpc) is 2.68. The molecule has 1 aliphatic heterocycles. The average molecular weight is 300 g/mol. The Morgan fingerprint density at radius 2 is 2.10 bits per heavy atom. The Hall–Kier alpha value is -1.07. The second-order valence-corrected chi connectivity index (χ2v) is 5.86. The van der Waals surface area contributed by atoms with Crippen LogP contribution in [0.1, 0.15) is 37.6 Å². The van der Waals surface area contributed by atoms with Crippen LogP contribution in [0.15, 0.2) is 0 Å². The van der Waals surface area contributed by atoms with E-state index >= 15 is 0 Å². The molecule has 0 amide bonds. The molecule has 1 fully saturated rings. The van der Waals surface area contributed by atoms with E-state index in [1.165, 1.54) is 0 Å².